The summed E-state index contributed by atoms with van der Waals surface area (Å²) < 4.78 is 39.7. The van der Waals surface area contributed by atoms with Crippen LogP contribution in [0, 0.1) is 17.5 Å². The van der Waals surface area contributed by atoms with Gasteiger partial charge in [-0.3, -0.25) is 14.6 Å². The molecule has 0 aliphatic heterocycles. The highest BCUT2D eigenvalue weighted by Gasteiger charge is 2.15. The summed E-state index contributed by atoms with van der Waals surface area (Å²) in [4.78, 5) is 27.6. The number of halogens is 4. The van der Waals surface area contributed by atoms with Crippen molar-refractivity contribution in [3.63, 3.8) is 0 Å². The van der Waals surface area contributed by atoms with Gasteiger partial charge >= 0.3 is 0 Å². The van der Waals surface area contributed by atoms with E-state index in [0.717, 1.165) is 17.7 Å². The smallest absolute Gasteiger partial charge is 0.251 e. The van der Waals surface area contributed by atoms with Crippen molar-refractivity contribution in [2.75, 3.05) is 32.5 Å². The second-order valence-electron chi connectivity index (χ2n) is 6.15. The molecule has 0 fully saturated rings. The van der Waals surface area contributed by atoms with Gasteiger partial charge in [0.1, 0.15) is 0 Å². The van der Waals surface area contributed by atoms with E-state index in [-0.39, 0.29) is 36.4 Å². The van der Waals surface area contributed by atoms with Crippen LogP contribution >= 0.6 is 24.0 Å². The standard InChI is InChI=1S/C20H22F3N5O2.HI/c1-24-19(30)13-5-3-4-12(10-13)8-9-26-20(25-2)27-11-16(29)28-15-7-6-14(21)17(22)18(15)23;/h3-7,10H,8-9,11H2,1-2H3,(H,24,30)(H,28,29)(H2,25,26,27);1H. The van der Waals surface area contributed by atoms with Crippen molar-refractivity contribution in [1.82, 2.24) is 16.0 Å². The summed E-state index contributed by atoms with van der Waals surface area (Å²) in [6, 6.07) is 8.82. The molecule has 0 spiro atoms. The zero-order chi connectivity index (χ0) is 22.1. The van der Waals surface area contributed by atoms with Crippen molar-refractivity contribution < 1.29 is 22.8 Å². The van der Waals surface area contributed by atoms with Gasteiger partial charge in [-0.15, -0.1) is 24.0 Å². The average Bonchev–Trinajstić information content (AvgIpc) is 2.76. The molecule has 2 amide bonds. The maximum Gasteiger partial charge on any atom is 0.251 e. The number of amides is 2. The van der Waals surface area contributed by atoms with Crippen LogP contribution in [0.3, 0.4) is 0 Å². The Kier molecular flexibility index (Phi) is 10.8. The van der Waals surface area contributed by atoms with Crippen LogP contribution in [0.5, 0.6) is 0 Å². The number of carbonyl (C=O) groups excluding carboxylic acids is 2. The van der Waals surface area contributed by atoms with E-state index in [1.165, 1.54) is 7.05 Å². The minimum Gasteiger partial charge on any atom is -0.356 e. The van der Waals surface area contributed by atoms with Crippen molar-refractivity contribution in [3.8, 4) is 0 Å². The molecule has 2 aromatic rings. The number of hydrogen-bond donors (Lipinski definition) is 4. The van der Waals surface area contributed by atoms with E-state index in [4.69, 9.17) is 0 Å². The molecule has 0 aliphatic rings. The van der Waals surface area contributed by atoms with E-state index in [9.17, 15) is 22.8 Å². The SMILES string of the molecule is CN=C(NCCc1cccc(C(=O)NC)c1)NCC(=O)Nc1ccc(F)c(F)c1F.I. The van der Waals surface area contributed by atoms with E-state index in [0.29, 0.717) is 24.5 Å². The summed E-state index contributed by atoms with van der Waals surface area (Å²) in [6.45, 7) is 0.195. The van der Waals surface area contributed by atoms with E-state index in [1.807, 2.05) is 6.07 Å². The molecule has 2 rings (SSSR count). The van der Waals surface area contributed by atoms with Crippen molar-refractivity contribution in [3.05, 3.63) is 65.0 Å². The Hall–Kier alpha value is -2.83. The summed E-state index contributed by atoms with van der Waals surface area (Å²) in [5.74, 6) is -4.98. The van der Waals surface area contributed by atoms with Gasteiger partial charge in [-0.2, -0.15) is 0 Å². The van der Waals surface area contributed by atoms with Gasteiger partial charge in [-0.05, 0) is 36.2 Å². The van der Waals surface area contributed by atoms with Gasteiger partial charge in [0.25, 0.3) is 5.91 Å². The lowest BCUT2D eigenvalue weighted by molar-refractivity contribution is -0.115. The summed E-state index contributed by atoms with van der Waals surface area (Å²) in [7, 11) is 3.07. The number of aliphatic imine (C=N–C) groups is 1. The van der Waals surface area contributed by atoms with Gasteiger partial charge in [0.2, 0.25) is 5.91 Å². The first-order valence-corrected chi connectivity index (χ1v) is 9.04. The molecule has 4 N–H and O–H groups in total. The Morgan fingerprint density at radius 1 is 1.03 bits per heavy atom. The number of guanidine groups is 1. The zero-order valence-electron chi connectivity index (χ0n) is 16.9. The van der Waals surface area contributed by atoms with E-state index in [2.05, 4.69) is 26.3 Å². The number of nitrogens with zero attached hydrogens (tertiary/aromatic N) is 1. The van der Waals surface area contributed by atoms with Crippen LogP contribution in [0.2, 0.25) is 0 Å². The summed E-state index contributed by atoms with van der Waals surface area (Å²) in [5.41, 5.74) is 1.03. The summed E-state index contributed by atoms with van der Waals surface area (Å²) >= 11 is 0. The van der Waals surface area contributed by atoms with Crippen molar-refractivity contribution >= 4 is 47.4 Å². The van der Waals surface area contributed by atoms with Gasteiger partial charge in [0.05, 0.1) is 12.2 Å². The van der Waals surface area contributed by atoms with Crippen molar-refractivity contribution in [2.45, 2.75) is 6.42 Å². The van der Waals surface area contributed by atoms with Crippen LogP contribution in [-0.4, -0.2) is 45.0 Å². The lowest BCUT2D eigenvalue weighted by Crippen LogP contribution is -2.42. The molecule has 31 heavy (non-hydrogen) atoms. The normalized spacial score (nSPS) is 10.7. The first kappa shape index (κ1) is 26.2. The molecule has 0 unspecified atom stereocenters. The van der Waals surface area contributed by atoms with Gasteiger partial charge in [0, 0.05) is 26.2 Å². The van der Waals surface area contributed by atoms with Crippen LogP contribution in [-0.2, 0) is 11.2 Å². The summed E-state index contributed by atoms with van der Waals surface area (Å²) in [6.07, 6.45) is 0.595. The Balaban J connectivity index is 0.00000480. The molecule has 0 atom stereocenters. The predicted octanol–water partition coefficient (Wildman–Crippen LogP) is 2.43. The zero-order valence-corrected chi connectivity index (χ0v) is 19.2. The molecule has 0 bridgehead atoms. The largest absolute Gasteiger partial charge is 0.356 e. The fourth-order valence-electron chi connectivity index (χ4n) is 2.54. The quantitative estimate of drug-likeness (QED) is 0.185. The second kappa shape index (κ2) is 12.8. The number of hydrogen-bond acceptors (Lipinski definition) is 3. The maximum atomic E-state index is 13.6. The van der Waals surface area contributed by atoms with Gasteiger partial charge < -0.3 is 21.3 Å². The number of anilines is 1. The number of benzene rings is 2. The molecule has 0 saturated heterocycles. The Bertz CT molecular complexity index is 956. The van der Waals surface area contributed by atoms with Gasteiger partial charge in [-0.1, -0.05) is 12.1 Å². The topological polar surface area (TPSA) is 94.6 Å². The third-order valence-electron chi connectivity index (χ3n) is 4.07. The average molecular weight is 549 g/mol. The molecule has 0 aliphatic carbocycles. The second-order valence-corrected chi connectivity index (χ2v) is 6.15. The molecule has 0 aromatic heterocycles. The lowest BCUT2D eigenvalue weighted by atomic mass is 10.1. The minimum atomic E-state index is -1.65. The lowest BCUT2D eigenvalue weighted by Gasteiger charge is -2.13. The van der Waals surface area contributed by atoms with E-state index in [1.54, 1.807) is 25.2 Å². The Labute approximate surface area is 194 Å². The highest BCUT2D eigenvalue weighted by Crippen LogP contribution is 2.19. The monoisotopic (exact) mass is 549 g/mol. The summed E-state index contributed by atoms with van der Waals surface area (Å²) in [5, 5.41) is 10.5. The molecule has 2 aromatic carbocycles. The van der Waals surface area contributed by atoms with Crippen LogP contribution in [0.25, 0.3) is 0 Å². The highest BCUT2D eigenvalue weighted by molar-refractivity contribution is 14.0. The molecule has 168 valence electrons. The van der Waals surface area contributed by atoms with Crippen LogP contribution < -0.4 is 21.3 Å². The first-order chi connectivity index (χ1) is 14.3. The van der Waals surface area contributed by atoms with Gasteiger partial charge in [0.15, 0.2) is 23.4 Å². The van der Waals surface area contributed by atoms with Crippen molar-refractivity contribution in [1.29, 1.82) is 0 Å². The van der Waals surface area contributed by atoms with E-state index >= 15 is 0 Å². The highest BCUT2D eigenvalue weighted by atomic mass is 127. The van der Waals surface area contributed by atoms with Crippen LogP contribution in [0.1, 0.15) is 15.9 Å². The van der Waals surface area contributed by atoms with Crippen molar-refractivity contribution in [2.24, 2.45) is 4.99 Å². The maximum absolute atomic E-state index is 13.6. The van der Waals surface area contributed by atoms with Gasteiger partial charge in [-0.25, -0.2) is 13.2 Å². The molecule has 11 heteroatoms. The molecule has 7 nitrogen and oxygen atoms in total. The molecular formula is C20H23F3IN5O2. The molecular weight excluding hydrogens is 526 g/mol. The third kappa shape index (κ3) is 7.74. The minimum absolute atomic E-state index is 0. The molecule has 0 radical (unpaired) electrons. The van der Waals surface area contributed by atoms with Crippen LogP contribution in [0.15, 0.2) is 41.4 Å². The Morgan fingerprint density at radius 2 is 1.77 bits per heavy atom. The van der Waals surface area contributed by atoms with E-state index < -0.39 is 29.0 Å². The Morgan fingerprint density at radius 3 is 2.45 bits per heavy atom. The molecule has 0 heterocycles. The number of nitrogens with one attached hydrogen (secondary N) is 4. The first-order valence-electron chi connectivity index (χ1n) is 9.04. The molecule has 0 saturated carbocycles. The fourth-order valence-corrected chi connectivity index (χ4v) is 2.54. The predicted molar refractivity (Wildman–Crippen MR) is 123 cm³/mol. The van der Waals surface area contributed by atoms with Crippen LogP contribution in [0.4, 0.5) is 18.9 Å². The fraction of sp³-hybridized carbons (Fsp3) is 0.250. The third-order valence-corrected chi connectivity index (χ3v) is 4.07. The number of rotatable bonds is 7. The number of carbonyl (C=O) groups is 2.